The van der Waals surface area contributed by atoms with Gasteiger partial charge in [-0.2, -0.15) is 0 Å². The van der Waals surface area contributed by atoms with E-state index in [1.807, 2.05) is 60.7 Å². The average Bonchev–Trinajstić information content (AvgIpc) is 3.34. The first-order valence-corrected chi connectivity index (χ1v) is 11.3. The number of para-hydroxylation sites is 2. The number of aromatic hydroxyl groups is 1. The predicted octanol–water partition coefficient (Wildman–Crippen LogP) is 6.62. The number of fused-ring (bicyclic) bond motifs is 4. The zero-order valence-electron chi connectivity index (χ0n) is 18.0. The number of rotatable bonds is 3. The van der Waals surface area contributed by atoms with Gasteiger partial charge in [0.2, 0.25) is 0 Å². The second-order valence-corrected chi connectivity index (χ2v) is 8.78. The molecule has 3 N–H and O–H groups in total. The minimum Gasteiger partial charge on any atom is -0.508 e. The van der Waals surface area contributed by atoms with E-state index < -0.39 is 0 Å². The molecule has 1 aliphatic heterocycles. The molecule has 4 aromatic carbocycles. The number of nitrogens with one attached hydrogen (secondary N) is 2. The summed E-state index contributed by atoms with van der Waals surface area (Å²) in [6.45, 7) is 0. The van der Waals surface area contributed by atoms with Crippen molar-refractivity contribution < 1.29 is 9.90 Å². The number of carbonyl (C=O) groups excluding carboxylic acids is 1. The van der Waals surface area contributed by atoms with Crippen molar-refractivity contribution in [3.8, 4) is 5.75 Å². The summed E-state index contributed by atoms with van der Waals surface area (Å²) in [5.41, 5.74) is 4.25. The molecule has 1 amide bonds. The Bertz CT molecular complexity index is 1390. The summed E-state index contributed by atoms with van der Waals surface area (Å²) < 4.78 is 0. The first kappa shape index (κ1) is 19.6. The van der Waals surface area contributed by atoms with Gasteiger partial charge in [-0.25, -0.2) is 0 Å². The van der Waals surface area contributed by atoms with Gasteiger partial charge in [0.1, 0.15) is 5.75 Å². The summed E-state index contributed by atoms with van der Waals surface area (Å²) in [6, 6.07) is 27.2. The van der Waals surface area contributed by atoms with Gasteiger partial charge in [0, 0.05) is 17.2 Å². The van der Waals surface area contributed by atoms with Crippen LogP contribution in [0.25, 0.3) is 10.8 Å². The van der Waals surface area contributed by atoms with Crippen LogP contribution in [0.3, 0.4) is 0 Å². The van der Waals surface area contributed by atoms with Crippen LogP contribution in [-0.4, -0.2) is 11.0 Å². The standard InChI is InChI=1S/C29H24N2O2/c32-25-17-16-18-8-4-5-11-20(18)26(25)28-23-14-6-12-21(23)22-13-7-15-24(27(22)31-28)29(33)30-19-9-2-1-3-10-19/h1-13,15-17,21,23,28,31-32H,14H2,(H,30,33). The maximum absolute atomic E-state index is 13.3. The highest BCUT2D eigenvalue weighted by Crippen LogP contribution is 2.53. The molecule has 0 saturated heterocycles. The fourth-order valence-corrected chi connectivity index (χ4v) is 5.43. The van der Waals surface area contributed by atoms with Crippen molar-refractivity contribution >= 4 is 28.1 Å². The van der Waals surface area contributed by atoms with Crippen molar-refractivity contribution in [2.45, 2.75) is 18.4 Å². The smallest absolute Gasteiger partial charge is 0.257 e. The van der Waals surface area contributed by atoms with E-state index in [-0.39, 0.29) is 29.5 Å². The Morgan fingerprint density at radius 1 is 0.909 bits per heavy atom. The highest BCUT2D eigenvalue weighted by atomic mass is 16.3. The Kier molecular flexibility index (Phi) is 4.65. The summed E-state index contributed by atoms with van der Waals surface area (Å²) >= 11 is 0. The number of hydrogen-bond acceptors (Lipinski definition) is 3. The molecule has 3 unspecified atom stereocenters. The van der Waals surface area contributed by atoms with E-state index in [1.165, 1.54) is 0 Å². The fraction of sp³-hybridized carbons (Fsp3) is 0.138. The molecule has 0 spiro atoms. The van der Waals surface area contributed by atoms with Crippen LogP contribution in [0.1, 0.15) is 39.9 Å². The van der Waals surface area contributed by atoms with Gasteiger partial charge in [-0.15, -0.1) is 0 Å². The van der Waals surface area contributed by atoms with Crippen molar-refractivity contribution in [3.05, 3.63) is 114 Å². The summed E-state index contributed by atoms with van der Waals surface area (Å²) in [5.74, 6) is 0.592. The normalized spacial score (nSPS) is 20.7. The number of hydrogen-bond donors (Lipinski definition) is 3. The molecule has 2 aliphatic rings. The number of carbonyl (C=O) groups is 1. The molecule has 162 valence electrons. The van der Waals surface area contributed by atoms with Crippen molar-refractivity contribution in [2.24, 2.45) is 5.92 Å². The van der Waals surface area contributed by atoms with Crippen LogP contribution in [0.2, 0.25) is 0 Å². The molecule has 33 heavy (non-hydrogen) atoms. The summed E-state index contributed by atoms with van der Waals surface area (Å²) in [4.78, 5) is 13.3. The predicted molar refractivity (Wildman–Crippen MR) is 133 cm³/mol. The maximum Gasteiger partial charge on any atom is 0.257 e. The van der Waals surface area contributed by atoms with Gasteiger partial charge in [0.15, 0.2) is 0 Å². The molecule has 0 aromatic heterocycles. The van der Waals surface area contributed by atoms with Gasteiger partial charge < -0.3 is 15.7 Å². The number of anilines is 2. The van der Waals surface area contributed by atoms with Crippen molar-refractivity contribution in [1.29, 1.82) is 0 Å². The number of amides is 1. The minimum atomic E-state index is -0.146. The summed E-state index contributed by atoms with van der Waals surface area (Å²) in [7, 11) is 0. The summed E-state index contributed by atoms with van der Waals surface area (Å²) in [5, 5.41) is 19.8. The molecule has 4 heteroatoms. The van der Waals surface area contributed by atoms with E-state index in [0.29, 0.717) is 5.56 Å². The number of benzene rings is 4. The average molecular weight is 433 g/mol. The second kappa shape index (κ2) is 7.82. The van der Waals surface area contributed by atoms with Gasteiger partial charge in [0.25, 0.3) is 5.91 Å². The fourth-order valence-electron chi connectivity index (χ4n) is 5.43. The van der Waals surface area contributed by atoms with Gasteiger partial charge in [-0.1, -0.05) is 72.8 Å². The second-order valence-electron chi connectivity index (χ2n) is 8.78. The minimum absolute atomic E-state index is 0.116. The molecular formula is C29H24N2O2. The van der Waals surface area contributed by atoms with E-state index in [9.17, 15) is 9.90 Å². The third-order valence-electron chi connectivity index (χ3n) is 6.93. The molecular weight excluding hydrogens is 408 g/mol. The number of phenolic OH excluding ortho intramolecular Hbond substituents is 1. The van der Waals surface area contributed by atoms with Gasteiger partial charge in [0.05, 0.1) is 17.3 Å². The number of phenols is 1. The zero-order valence-corrected chi connectivity index (χ0v) is 18.0. The Morgan fingerprint density at radius 3 is 2.61 bits per heavy atom. The molecule has 1 aliphatic carbocycles. The number of allylic oxidation sites excluding steroid dienone is 2. The largest absolute Gasteiger partial charge is 0.508 e. The van der Waals surface area contributed by atoms with Crippen LogP contribution >= 0.6 is 0 Å². The van der Waals surface area contributed by atoms with Crippen molar-refractivity contribution in [2.75, 3.05) is 10.6 Å². The van der Waals surface area contributed by atoms with E-state index >= 15 is 0 Å². The monoisotopic (exact) mass is 432 g/mol. The Labute approximate surface area is 192 Å². The van der Waals surface area contributed by atoms with Crippen LogP contribution in [0.4, 0.5) is 11.4 Å². The SMILES string of the molecule is O=C(Nc1ccccc1)c1cccc2c1NC(c1c(O)ccc3ccccc13)C1CC=CC21. The Morgan fingerprint density at radius 2 is 1.73 bits per heavy atom. The van der Waals surface area contributed by atoms with Crippen molar-refractivity contribution in [1.82, 2.24) is 0 Å². The molecule has 4 nitrogen and oxygen atoms in total. The first-order valence-electron chi connectivity index (χ1n) is 11.3. The molecule has 0 radical (unpaired) electrons. The lowest BCUT2D eigenvalue weighted by molar-refractivity contribution is 0.102. The third kappa shape index (κ3) is 3.26. The molecule has 0 saturated carbocycles. The highest BCUT2D eigenvalue weighted by Gasteiger charge is 2.40. The van der Waals surface area contributed by atoms with Gasteiger partial charge >= 0.3 is 0 Å². The highest BCUT2D eigenvalue weighted by molar-refractivity contribution is 6.08. The lowest BCUT2D eigenvalue weighted by Gasteiger charge is -2.39. The van der Waals surface area contributed by atoms with Crippen LogP contribution in [0.5, 0.6) is 5.75 Å². The molecule has 4 aromatic rings. The zero-order chi connectivity index (χ0) is 22.4. The lowest BCUT2D eigenvalue weighted by Crippen LogP contribution is -2.31. The van der Waals surface area contributed by atoms with Gasteiger partial charge in [-0.05, 0) is 52.9 Å². The van der Waals surface area contributed by atoms with Crippen LogP contribution in [0.15, 0.2) is 97.1 Å². The first-order chi connectivity index (χ1) is 16.2. The topological polar surface area (TPSA) is 61.4 Å². The molecule has 1 heterocycles. The van der Waals surface area contributed by atoms with Crippen LogP contribution in [-0.2, 0) is 0 Å². The van der Waals surface area contributed by atoms with E-state index in [4.69, 9.17) is 0 Å². The van der Waals surface area contributed by atoms with E-state index in [0.717, 1.165) is 39.7 Å². The quantitative estimate of drug-likeness (QED) is 0.319. The van der Waals surface area contributed by atoms with Crippen molar-refractivity contribution in [3.63, 3.8) is 0 Å². The molecule has 0 fully saturated rings. The Hall–Kier alpha value is -4.05. The molecule has 0 bridgehead atoms. The van der Waals surface area contributed by atoms with E-state index in [1.54, 1.807) is 6.07 Å². The van der Waals surface area contributed by atoms with Crippen LogP contribution < -0.4 is 10.6 Å². The molecule has 6 rings (SSSR count). The Balaban J connectivity index is 1.47. The summed E-state index contributed by atoms with van der Waals surface area (Å²) in [6.07, 6.45) is 5.39. The van der Waals surface area contributed by atoms with Crippen LogP contribution in [0, 0.1) is 5.92 Å². The lowest BCUT2D eigenvalue weighted by atomic mass is 9.75. The van der Waals surface area contributed by atoms with E-state index in [2.05, 4.69) is 41.0 Å². The third-order valence-corrected chi connectivity index (χ3v) is 6.93. The molecule has 3 atom stereocenters. The van der Waals surface area contributed by atoms with Gasteiger partial charge in [-0.3, -0.25) is 4.79 Å². The maximum atomic E-state index is 13.3.